The minimum absolute atomic E-state index is 0.0503. The molecule has 8 nitrogen and oxygen atoms in total. The van der Waals surface area contributed by atoms with Crippen LogP contribution in [0.2, 0.25) is 0 Å². The Hall–Kier alpha value is -3.72. The molecule has 3 aromatic rings. The molecule has 0 aliphatic carbocycles. The van der Waals surface area contributed by atoms with Crippen LogP contribution in [0.1, 0.15) is 34.0 Å². The predicted octanol–water partition coefficient (Wildman–Crippen LogP) is 4.06. The van der Waals surface area contributed by atoms with E-state index in [0.29, 0.717) is 29.6 Å². The molecular formula is C24H22N4O4S. The number of rotatable bonds is 5. The van der Waals surface area contributed by atoms with Gasteiger partial charge in [0.05, 0.1) is 0 Å². The zero-order valence-corrected chi connectivity index (χ0v) is 19.0. The summed E-state index contributed by atoms with van der Waals surface area (Å²) < 4.78 is 10.6. The molecule has 1 N–H and O–H groups in total. The third-order valence-electron chi connectivity index (χ3n) is 5.49. The Labute approximate surface area is 194 Å². The first kappa shape index (κ1) is 21.1. The second kappa shape index (κ2) is 8.67. The van der Waals surface area contributed by atoms with E-state index in [4.69, 9.17) is 9.47 Å². The number of amides is 2. The Kier molecular flexibility index (Phi) is 5.55. The van der Waals surface area contributed by atoms with Crippen LogP contribution in [0.4, 0.5) is 10.8 Å². The Balaban J connectivity index is 1.22. The zero-order chi connectivity index (χ0) is 22.9. The molecule has 5 rings (SSSR count). The van der Waals surface area contributed by atoms with Crippen molar-refractivity contribution in [2.75, 3.05) is 23.6 Å². The van der Waals surface area contributed by atoms with E-state index in [1.807, 2.05) is 38.1 Å². The van der Waals surface area contributed by atoms with E-state index in [1.165, 1.54) is 17.4 Å². The Morgan fingerprint density at radius 3 is 2.73 bits per heavy atom. The molecule has 1 aromatic heterocycles. The highest BCUT2D eigenvalue weighted by Crippen LogP contribution is 2.35. The molecule has 0 bridgehead atoms. The van der Waals surface area contributed by atoms with Crippen LogP contribution in [0.5, 0.6) is 11.5 Å². The number of carbonyl (C=O) groups is 2. The van der Waals surface area contributed by atoms with Crippen molar-refractivity contribution in [2.45, 2.75) is 26.2 Å². The fraction of sp³-hybridized carbons (Fsp3) is 0.250. The van der Waals surface area contributed by atoms with E-state index in [2.05, 4.69) is 21.6 Å². The first-order chi connectivity index (χ1) is 15.9. The molecule has 1 atom stereocenters. The summed E-state index contributed by atoms with van der Waals surface area (Å²) in [7, 11) is 0. The van der Waals surface area contributed by atoms with Gasteiger partial charge in [-0.15, -0.1) is 10.2 Å². The normalized spacial score (nSPS) is 17.2. The molecule has 2 aliphatic rings. The van der Waals surface area contributed by atoms with Crippen LogP contribution in [0.15, 0.2) is 42.5 Å². The molecule has 9 heteroatoms. The van der Waals surface area contributed by atoms with Crippen molar-refractivity contribution < 1.29 is 19.1 Å². The predicted molar refractivity (Wildman–Crippen MR) is 126 cm³/mol. The number of hydrogen-bond acceptors (Lipinski definition) is 7. The van der Waals surface area contributed by atoms with Crippen molar-refractivity contribution in [1.29, 1.82) is 0 Å². The Bertz CT molecular complexity index is 1250. The maximum atomic E-state index is 12.6. The van der Waals surface area contributed by atoms with Gasteiger partial charge in [-0.25, -0.2) is 0 Å². The summed E-state index contributed by atoms with van der Waals surface area (Å²) in [6.07, 6.45) is 3.50. The van der Waals surface area contributed by atoms with Gasteiger partial charge in [-0.2, -0.15) is 0 Å². The fourth-order valence-corrected chi connectivity index (χ4v) is 4.85. The molecule has 0 saturated carbocycles. The highest BCUT2D eigenvalue weighted by Gasteiger charge is 2.34. The molecule has 2 aliphatic heterocycles. The van der Waals surface area contributed by atoms with Crippen LogP contribution in [-0.4, -0.2) is 35.3 Å². The highest BCUT2D eigenvalue weighted by atomic mass is 32.1. The summed E-state index contributed by atoms with van der Waals surface area (Å²) in [5.41, 5.74) is 3.97. The number of ether oxygens (including phenoxy) is 2. The van der Waals surface area contributed by atoms with E-state index in [1.54, 1.807) is 17.0 Å². The number of anilines is 2. The topological polar surface area (TPSA) is 93.7 Å². The molecule has 2 amide bonds. The van der Waals surface area contributed by atoms with Gasteiger partial charge in [0.15, 0.2) is 11.5 Å². The highest BCUT2D eigenvalue weighted by molar-refractivity contribution is 7.15. The van der Waals surface area contributed by atoms with Crippen molar-refractivity contribution in [2.24, 2.45) is 0 Å². The Morgan fingerprint density at radius 1 is 1.12 bits per heavy atom. The molecule has 0 spiro atoms. The first-order valence-electron chi connectivity index (χ1n) is 10.6. The minimum atomic E-state index is -0.310. The van der Waals surface area contributed by atoms with Gasteiger partial charge in [0.25, 0.3) is 0 Å². The maximum Gasteiger partial charge on any atom is 0.250 e. The monoisotopic (exact) mass is 462 g/mol. The van der Waals surface area contributed by atoms with E-state index in [0.717, 1.165) is 27.4 Å². The molecule has 1 fully saturated rings. The Morgan fingerprint density at radius 2 is 1.91 bits per heavy atom. The maximum absolute atomic E-state index is 12.6. The molecule has 168 valence electrons. The summed E-state index contributed by atoms with van der Waals surface area (Å²) in [6, 6.07) is 11.6. The number of fused-ring (bicyclic) bond motifs is 1. The van der Waals surface area contributed by atoms with E-state index < -0.39 is 0 Å². The molecule has 2 aromatic carbocycles. The van der Waals surface area contributed by atoms with E-state index in [-0.39, 0.29) is 24.5 Å². The van der Waals surface area contributed by atoms with Gasteiger partial charge in [-0.1, -0.05) is 23.5 Å². The van der Waals surface area contributed by atoms with Crippen LogP contribution in [0.25, 0.3) is 6.08 Å². The smallest absolute Gasteiger partial charge is 0.250 e. The van der Waals surface area contributed by atoms with E-state index in [9.17, 15) is 9.59 Å². The fourth-order valence-electron chi connectivity index (χ4n) is 4.01. The number of aryl methyl sites for hydroxylation is 2. The van der Waals surface area contributed by atoms with Crippen molar-refractivity contribution in [3.63, 3.8) is 0 Å². The van der Waals surface area contributed by atoms with E-state index >= 15 is 0 Å². The van der Waals surface area contributed by atoms with Crippen molar-refractivity contribution in [3.8, 4) is 11.5 Å². The van der Waals surface area contributed by atoms with Gasteiger partial charge < -0.3 is 14.4 Å². The van der Waals surface area contributed by atoms with Gasteiger partial charge in [-0.05, 0) is 60.9 Å². The molecule has 1 unspecified atom stereocenters. The van der Waals surface area contributed by atoms with Gasteiger partial charge >= 0.3 is 0 Å². The van der Waals surface area contributed by atoms with Gasteiger partial charge in [-0.3, -0.25) is 14.9 Å². The number of carbonyl (C=O) groups excluding carboxylic acids is 2. The lowest BCUT2D eigenvalue weighted by Gasteiger charge is -2.17. The summed E-state index contributed by atoms with van der Waals surface area (Å²) in [5, 5.41) is 12.2. The van der Waals surface area contributed by atoms with Gasteiger partial charge in [0, 0.05) is 30.6 Å². The largest absolute Gasteiger partial charge is 0.454 e. The molecule has 0 radical (unpaired) electrons. The second-order valence-electron chi connectivity index (χ2n) is 8.13. The molecule has 1 saturated heterocycles. The summed E-state index contributed by atoms with van der Waals surface area (Å²) in [5.74, 6) is 1.06. The van der Waals surface area contributed by atoms with Crippen LogP contribution < -0.4 is 19.7 Å². The van der Waals surface area contributed by atoms with Crippen molar-refractivity contribution in [3.05, 3.63) is 64.2 Å². The third-order valence-corrected chi connectivity index (χ3v) is 6.49. The van der Waals surface area contributed by atoms with Gasteiger partial charge in [0.2, 0.25) is 23.7 Å². The SMILES string of the molecule is Cc1cc(C)cc(N2CC(c3nnc(NC(=O)/C=C/c4ccc5c(c4)OCO5)s3)CC2=O)c1. The van der Waals surface area contributed by atoms with Crippen LogP contribution >= 0.6 is 11.3 Å². The quantitative estimate of drug-likeness (QED) is 0.575. The van der Waals surface area contributed by atoms with Crippen molar-refractivity contribution >= 4 is 40.0 Å². The van der Waals surface area contributed by atoms with Crippen LogP contribution in [-0.2, 0) is 9.59 Å². The first-order valence-corrected chi connectivity index (χ1v) is 11.4. The lowest BCUT2D eigenvalue weighted by atomic mass is 10.1. The summed E-state index contributed by atoms with van der Waals surface area (Å²) in [4.78, 5) is 26.8. The summed E-state index contributed by atoms with van der Waals surface area (Å²) >= 11 is 1.30. The number of benzene rings is 2. The lowest BCUT2D eigenvalue weighted by molar-refractivity contribution is -0.117. The number of nitrogens with zero attached hydrogens (tertiary/aromatic N) is 3. The van der Waals surface area contributed by atoms with Crippen LogP contribution in [0.3, 0.4) is 0 Å². The lowest BCUT2D eigenvalue weighted by Crippen LogP contribution is -2.24. The number of aromatic nitrogens is 2. The number of hydrogen-bond donors (Lipinski definition) is 1. The molecule has 33 heavy (non-hydrogen) atoms. The minimum Gasteiger partial charge on any atom is -0.454 e. The standard InChI is InChI=1S/C24H22N4O4S/c1-14-7-15(2)9-18(8-14)28-12-17(11-22(28)30)23-26-27-24(33-23)25-21(29)6-4-16-3-5-19-20(10-16)32-13-31-19/h3-10,17H,11-13H2,1-2H3,(H,25,27,29)/b6-4+. The summed E-state index contributed by atoms with van der Waals surface area (Å²) in [6.45, 7) is 4.80. The second-order valence-corrected chi connectivity index (χ2v) is 9.14. The molecule has 3 heterocycles. The van der Waals surface area contributed by atoms with Crippen LogP contribution in [0, 0.1) is 13.8 Å². The third kappa shape index (κ3) is 4.58. The average molecular weight is 463 g/mol. The van der Waals surface area contributed by atoms with Crippen molar-refractivity contribution in [1.82, 2.24) is 10.2 Å². The van der Waals surface area contributed by atoms with Gasteiger partial charge in [0.1, 0.15) is 5.01 Å². The molecular weight excluding hydrogens is 440 g/mol. The number of nitrogens with one attached hydrogen (secondary N) is 1. The average Bonchev–Trinajstić information content (AvgIpc) is 3.50. The zero-order valence-electron chi connectivity index (χ0n) is 18.2.